The minimum absolute atomic E-state index is 0.204. The fourth-order valence-corrected chi connectivity index (χ4v) is 10.2. The summed E-state index contributed by atoms with van der Waals surface area (Å²) >= 11 is 0. The van der Waals surface area contributed by atoms with Crippen molar-refractivity contribution in [3.05, 3.63) is 23.7 Å². The Balaban J connectivity index is 2.29. The number of carbonyl (C=O) groups excluding carboxylic acids is 1. The Hall–Kier alpha value is -0.983. The van der Waals surface area contributed by atoms with Gasteiger partial charge in [-0.25, -0.2) is 4.39 Å². The molecule has 2 rings (SSSR count). The van der Waals surface area contributed by atoms with Gasteiger partial charge in [0.05, 0.1) is 19.8 Å². The molecular formula is C19H31FO4Si. The van der Waals surface area contributed by atoms with Crippen LogP contribution in [0.2, 0.25) is 16.6 Å². The predicted octanol–water partition coefficient (Wildman–Crippen LogP) is 4.67. The maximum Gasteiger partial charge on any atom is 0.200 e. The molecule has 1 fully saturated rings. The Kier molecular flexibility index (Phi) is 5.96. The average Bonchev–Trinajstić information content (AvgIpc) is 2.92. The lowest BCUT2D eigenvalue weighted by Crippen LogP contribution is -2.50. The van der Waals surface area contributed by atoms with Crippen molar-refractivity contribution >= 4 is 14.1 Å². The summed E-state index contributed by atoms with van der Waals surface area (Å²) in [5.74, 6) is -0.772. The van der Waals surface area contributed by atoms with Crippen molar-refractivity contribution < 1.29 is 23.1 Å². The molecule has 4 nitrogen and oxygen atoms in total. The molecule has 1 spiro atoms. The fraction of sp³-hybridized carbons (Fsp3) is 0.737. The first-order valence-electron chi connectivity index (χ1n) is 9.09. The SMILES string of the molecule is COC1=CC(=O)C=C(F)[C@]12C[C@@H](O[Si](C(C)C)(C(C)C)C(C)C)CO2. The maximum absolute atomic E-state index is 14.7. The van der Waals surface area contributed by atoms with Crippen LogP contribution in [-0.2, 0) is 18.7 Å². The van der Waals surface area contributed by atoms with Crippen LogP contribution >= 0.6 is 0 Å². The summed E-state index contributed by atoms with van der Waals surface area (Å²) in [6, 6.07) is 0. The molecule has 25 heavy (non-hydrogen) atoms. The molecule has 2 atom stereocenters. The molecule has 2 aliphatic rings. The second-order valence-corrected chi connectivity index (χ2v) is 13.4. The summed E-state index contributed by atoms with van der Waals surface area (Å²) in [4.78, 5) is 11.6. The van der Waals surface area contributed by atoms with Crippen LogP contribution in [0.15, 0.2) is 23.7 Å². The lowest BCUT2D eigenvalue weighted by molar-refractivity contribution is -0.111. The molecule has 0 saturated carbocycles. The van der Waals surface area contributed by atoms with Gasteiger partial charge in [-0.05, 0) is 16.6 Å². The van der Waals surface area contributed by atoms with E-state index < -0.39 is 25.5 Å². The molecule has 142 valence electrons. The molecule has 1 aliphatic carbocycles. The number of hydrogen-bond acceptors (Lipinski definition) is 4. The van der Waals surface area contributed by atoms with E-state index in [1.54, 1.807) is 0 Å². The topological polar surface area (TPSA) is 44.8 Å². The van der Waals surface area contributed by atoms with E-state index in [4.69, 9.17) is 13.9 Å². The Morgan fingerprint density at radius 1 is 1.16 bits per heavy atom. The highest BCUT2D eigenvalue weighted by Crippen LogP contribution is 2.48. The van der Waals surface area contributed by atoms with Crippen LogP contribution < -0.4 is 0 Å². The monoisotopic (exact) mass is 370 g/mol. The first-order valence-corrected chi connectivity index (χ1v) is 11.2. The minimum atomic E-state index is -2.09. The molecule has 0 aromatic rings. The lowest BCUT2D eigenvalue weighted by Gasteiger charge is -2.44. The van der Waals surface area contributed by atoms with Gasteiger partial charge in [0.25, 0.3) is 0 Å². The van der Waals surface area contributed by atoms with Crippen molar-refractivity contribution in [2.24, 2.45) is 0 Å². The van der Waals surface area contributed by atoms with Crippen molar-refractivity contribution in [2.45, 2.75) is 76.3 Å². The summed E-state index contributed by atoms with van der Waals surface area (Å²) in [7, 11) is -0.653. The van der Waals surface area contributed by atoms with Gasteiger partial charge in [-0.2, -0.15) is 0 Å². The van der Waals surface area contributed by atoms with E-state index in [1.165, 1.54) is 13.2 Å². The van der Waals surface area contributed by atoms with Crippen LogP contribution in [0, 0.1) is 0 Å². The number of allylic oxidation sites excluding steroid dienone is 2. The summed E-state index contributed by atoms with van der Waals surface area (Å²) in [6.45, 7) is 13.6. The minimum Gasteiger partial charge on any atom is -0.497 e. The van der Waals surface area contributed by atoms with Crippen molar-refractivity contribution in [2.75, 3.05) is 13.7 Å². The zero-order valence-corrected chi connectivity index (χ0v) is 17.4. The molecule has 0 radical (unpaired) electrons. The van der Waals surface area contributed by atoms with E-state index in [0.717, 1.165) is 6.08 Å². The number of halogens is 1. The molecule has 1 aliphatic heterocycles. The smallest absolute Gasteiger partial charge is 0.200 e. The first kappa shape index (κ1) is 20.3. The maximum atomic E-state index is 14.7. The highest BCUT2D eigenvalue weighted by Gasteiger charge is 2.54. The van der Waals surface area contributed by atoms with Crippen molar-refractivity contribution in [3.63, 3.8) is 0 Å². The van der Waals surface area contributed by atoms with Gasteiger partial charge in [0.1, 0.15) is 11.6 Å². The van der Waals surface area contributed by atoms with Crippen LogP contribution in [0.5, 0.6) is 0 Å². The highest BCUT2D eigenvalue weighted by molar-refractivity contribution is 6.77. The third-order valence-electron chi connectivity index (χ3n) is 5.65. The van der Waals surface area contributed by atoms with Crippen LogP contribution in [0.4, 0.5) is 4.39 Å². The summed E-state index contributed by atoms with van der Waals surface area (Å²) in [5, 5.41) is 0. The van der Waals surface area contributed by atoms with Gasteiger partial charge in [0, 0.05) is 18.6 Å². The molecule has 1 saturated heterocycles. The van der Waals surface area contributed by atoms with Gasteiger partial charge >= 0.3 is 0 Å². The number of hydrogen-bond donors (Lipinski definition) is 0. The molecule has 0 N–H and O–H groups in total. The van der Waals surface area contributed by atoms with E-state index in [-0.39, 0.29) is 11.9 Å². The van der Waals surface area contributed by atoms with E-state index in [1.807, 2.05) is 0 Å². The van der Waals surface area contributed by atoms with Crippen molar-refractivity contribution in [1.29, 1.82) is 0 Å². The Bertz CT molecular complexity index is 560. The van der Waals surface area contributed by atoms with Crippen molar-refractivity contribution in [1.82, 2.24) is 0 Å². The van der Waals surface area contributed by atoms with Crippen LogP contribution in [0.25, 0.3) is 0 Å². The van der Waals surface area contributed by atoms with Gasteiger partial charge in [-0.1, -0.05) is 41.5 Å². The standard InChI is InChI=1S/C19H31FO4Si/c1-12(2)25(13(3)4,14(5)6)24-16-10-19(23-11-16)17(20)8-15(21)9-18(19)22-7/h8-9,12-14,16H,10-11H2,1-7H3/t16-,19-/m1/s1. The molecule has 0 aromatic carbocycles. The molecule has 0 amide bonds. The molecule has 0 unspecified atom stereocenters. The predicted molar refractivity (Wildman–Crippen MR) is 98.5 cm³/mol. The largest absolute Gasteiger partial charge is 0.497 e. The van der Waals surface area contributed by atoms with Crippen molar-refractivity contribution in [3.8, 4) is 0 Å². The van der Waals surface area contributed by atoms with Crippen LogP contribution in [-0.4, -0.2) is 39.5 Å². The normalized spacial score (nSPS) is 27.5. The third kappa shape index (κ3) is 3.36. The molecule has 6 heteroatoms. The van der Waals surface area contributed by atoms with Gasteiger partial charge in [0.15, 0.2) is 11.4 Å². The van der Waals surface area contributed by atoms with E-state index in [9.17, 15) is 9.18 Å². The van der Waals surface area contributed by atoms with Gasteiger partial charge in [-0.15, -0.1) is 0 Å². The van der Waals surface area contributed by atoms with E-state index in [2.05, 4.69) is 41.5 Å². The molecule has 0 aromatic heterocycles. The van der Waals surface area contributed by atoms with Crippen LogP contribution in [0.1, 0.15) is 48.0 Å². The number of ketones is 1. The van der Waals surface area contributed by atoms with Gasteiger partial charge < -0.3 is 13.9 Å². The fourth-order valence-electron chi connectivity index (χ4n) is 4.65. The number of rotatable bonds is 6. The molecule has 0 bridgehead atoms. The molecular weight excluding hydrogens is 339 g/mol. The zero-order valence-electron chi connectivity index (χ0n) is 16.4. The second-order valence-electron chi connectivity index (χ2n) is 8.01. The number of methoxy groups -OCH3 is 1. The quantitative estimate of drug-likeness (QED) is 0.637. The molecule has 1 heterocycles. The highest BCUT2D eigenvalue weighted by atomic mass is 28.4. The first-order chi connectivity index (χ1) is 11.6. The average molecular weight is 371 g/mol. The number of carbonyl (C=O) groups is 1. The Labute approximate surface area is 151 Å². The summed E-state index contributed by atoms with van der Waals surface area (Å²) in [5.41, 5.74) is 0.0118. The Morgan fingerprint density at radius 3 is 2.20 bits per heavy atom. The van der Waals surface area contributed by atoms with Gasteiger partial charge in [-0.3, -0.25) is 4.79 Å². The Morgan fingerprint density at radius 2 is 1.72 bits per heavy atom. The summed E-state index contributed by atoms with van der Waals surface area (Å²) in [6.07, 6.45) is 2.43. The van der Waals surface area contributed by atoms with E-state index in [0.29, 0.717) is 29.7 Å². The van der Waals surface area contributed by atoms with E-state index >= 15 is 0 Å². The van der Waals surface area contributed by atoms with Crippen LogP contribution in [0.3, 0.4) is 0 Å². The lowest BCUT2D eigenvalue weighted by atomic mass is 9.90. The number of ether oxygens (including phenoxy) is 2. The second kappa shape index (κ2) is 7.33. The van der Waals surface area contributed by atoms with Gasteiger partial charge in [0.2, 0.25) is 8.32 Å². The summed E-state index contributed by atoms with van der Waals surface area (Å²) < 4.78 is 32.5. The zero-order chi connectivity index (χ0) is 19.0. The third-order valence-corrected chi connectivity index (χ3v) is 11.8.